The molecule has 0 spiro atoms. The molecule has 0 saturated heterocycles. The highest BCUT2D eigenvalue weighted by Gasteiger charge is 2.36. The van der Waals surface area contributed by atoms with Gasteiger partial charge in [0.25, 0.3) is 0 Å². The van der Waals surface area contributed by atoms with Crippen molar-refractivity contribution in [2.24, 2.45) is 0 Å². The largest absolute Gasteiger partial charge is 0.497 e. The van der Waals surface area contributed by atoms with Crippen LogP contribution in [-0.2, 0) is 15.7 Å². The van der Waals surface area contributed by atoms with Gasteiger partial charge >= 0.3 is 0 Å². The first-order chi connectivity index (χ1) is 12.1. The maximum Gasteiger partial charge on any atom is 0.241 e. The lowest BCUT2D eigenvalue weighted by Gasteiger charge is -2.31. The number of carbonyl (C=O) groups is 1. The van der Waals surface area contributed by atoms with Crippen LogP contribution in [0.4, 0.5) is 0 Å². The molecule has 128 valence electrons. The topological polar surface area (TPSA) is 41.6 Å². The minimum absolute atomic E-state index is 0.0879. The van der Waals surface area contributed by atoms with Gasteiger partial charge in [0.1, 0.15) is 10.2 Å². The van der Waals surface area contributed by atoms with Crippen molar-refractivity contribution in [3.05, 3.63) is 71.3 Å². The Balaban J connectivity index is 1.87. The van der Waals surface area contributed by atoms with Crippen molar-refractivity contribution < 1.29 is 9.53 Å². The lowest BCUT2D eigenvalue weighted by atomic mass is 9.94. The number of methoxy groups -OCH3 is 1. The molecule has 5 heteroatoms. The molecule has 1 atom stereocenters. The molecule has 0 saturated carbocycles. The molecule has 0 fully saturated rings. The van der Waals surface area contributed by atoms with Crippen LogP contribution in [0.5, 0.6) is 5.75 Å². The zero-order chi connectivity index (χ0) is 17.4. The van der Waals surface area contributed by atoms with Crippen molar-refractivity contribution in [1.82, 2.24) is 10.2 Å². The smallest absolute Gasteiger partial charge is 0.241 e. The van der Waals surface area contributed by atoms with Crippen molar-refractivity contribution in [3.8, 4) is 5.75 Å². The number of benzene rings is 2. The predicted molar refractivity (Wildman–Crippen MR) is 101 cm³/mol. The van der Waals surface area contributed by atoms with Crippen molar-refractivity contribution in [2.75, 3.05) is 20.2 Å². The summed E-state index contributed by atoms with van der Waals surface area (Å²) in [5.74, 6) is 0.873. The Labute approximate surface area is 155 Å². The summed E-state index contributed by atoms with van der Waals surface area (Å²) >= 11 is 3.84. The molecule has 2 aromatic rings. The van der Waals surface area contributed by atoms with Crippen LogP contribution in [0.1, 0.15) is 16.7 Å². The summed E-state index contributed by atoms with van der Waals surface area (Å²) in [6.07, 6.45) is 2.98. The molecular formula is C20H19BrN2O2. The van der Waals surface area contributed by atoms with Gasteiger partial charge in [-0.05, 0) is 35.8 Å². The molecule has 1 amide bonds. The van der Waals surface area contributed by atoms with E-state index in [0.29, 0.717) is 6.54 Å². The van der Waals surface area contributed by atoms with Gasteiger partial charge in [0.15, 0.2) is 0 Å². The van der Waals surface area contributed by atoms with E-state index in [1.54, 1.807) is 7.11 Å². The van der Waals surface area contributed by atoms with Crippen LogP contribution < -0.4 is 10.1 Å². The third kappa shape index (κ3) is 2.87. The highest BCUT2D eigenvalue weighted by atomic mass is 79.9. The number of hydrogen-bond donors (Lipinski definition) is 1. The van der Waals surface area contributed by atoms with Gasteiger partial charge in [0.2, 0.25) is 5.91 Å². The minimum atomic E-state index is -0.633. The lowest BCUT2D eigenvalue weighted by molar-refractivity contribution is -0.127. The highest BCUT2D eigenvalue weighted by Crippen LogP contribution is 2.39. The van der Waals surface area contributed by atoms with E-state index in [1.165, 1.54) is 5.56 Å². The van der Waals surface area contributed by atoms with E-state index < -0.39 is 4.45 Å². The molecule has 0 radical (unpaired) electrons. The molecule has 25 heavy (non-hydrogen) atoms. The maximum absolute atomic E-state index is 12.7. The molecule has 0 aliphatic carbocycles. The van der Waals surface area contributed by atoms with Gasteiger partial charge in [-0.1, -0.05) is 52.3 Å². The zero-order valence-electron chi connectivity index (χ0n) is 14.0. The van der Waals surface area contributed by atoms with Gasteiger partial charge in [0.05, 0.1) is 19.4 Å². The molecule has 2 aromatic carbocycles. The quantitative estimate of drug-likeness (QED) is 0.623. The summed E-state index contributed by atoms with van der Waals surface area (Å²) in [6.45, 7) is 0.981. The molecule has 1 unspecified atom stereocenters. The van der Waals surface area contributed by atoms with E-state index in [0.717, 1.165) is 29.0 Å². The van der Waals surface area contributed by atoms with Crippen LogP contribution in [0.3, 0.4) is 0 Å². The van der Waals surface area contributed by atoms with Crippen LogP contribution in [0.2, 0.25) is 0 Å². The molecule has 0 bridgehead atoms. The molecule has 4 nitrogen and oxygen atoms in total. The third-order valence-electron chi connectivity index (χ3n) is 4.81. The van der Waals surface area contributed by atoms with Gasteiger partial charge in [-0.2, -0.15) is 0 Å². The first-order valence-corrected chi connectivity index (χ1v) is 9.10. The first-order valence-electron chi connectivity index (χ1n) is 8.31. The Hall–Kier alpha value is -2.11. The average molecular weight is 399 g/mol. The molecule has 2 aliphatic heterocycles. The zero-order valence-corrected chi connectivity index (χ0v) is 15.5. The number of alkyl halides is 1. The normalized spacial score (nSPS) is 22.6. The average Bonchev–Trinajstić information content (AvgIpc) is 2.79. The van der Waals surface area contributed by atoms with E-state index in [4.69, 9.17) is 4.74 Å². The number of ether oxygens (including phenoxy) is 1. The molecule has 4 rings (SSSR count). The van der Waals surface area contributed by atoms with Crippen molar-refractivity contribution >= 4 is 27.5 Å². The molecule has 0 aromatic heterocycles. The van der Waals surface area contributed by atoms with Crippen LogP contribution in [0, 0.1) is 0 Å². The number of nitrogens with zero attached hydrogens (tertiary/aromatic N) is 1. The monoisotopic (exact) mass is 398 g/mol. The number of halogens is 1. The summed E-state index contributed by atoms with van der Waals surface area (Å²) in [5.41, 5.74) is 4.35. The van der Waals surface area contributed by atoms with Gasteiger partial charge < -0.3 is 9.64 Å². The van der Waals surface area contributed by atoms with E-state index in [2.05, 4.69) is 45.5 Å². The standard InChI is InChI=1S/C20H19BrN2O2/c1-25-16-7-4-6-15(11-16)20(21)12-18-17-8-3-2-5-14(17)9-10-23(18)19(24)13-22-20/h2-8,11-12,22H,9-10,13H2,1H3. The second kappa shape index (κ2) is 6.32. The van der Waals surface area contributed by atoms with Crippen LogP contribution in [0.25, 0.3) is 5.70 Å². The molecule has 1 N–H and O–H groups in total. The number of rotatable bonds is 2. The third-order valence-corrected chi connectivity index (χ3v) is 5.78. The second-order valence-corrected chi connectivity index (χ2v) is 7.53. The fraction of sp³-hybridized carbons (Fsp3) is 0.250. The fourth-order valence-electron chi connectivity index (χ4n) is 3.47. The van der Waals surface area contributed by atoms with Gasteiger partial charge in [-0.3, -0.25) is 10.1 Å². The van der Waals surface area contributed by atoms with Crippen molar-refractivity contribution in [2.45, 2.75) is 10.9 Å². The maximum atomic E-state index is 12.7. The number of hydrogen-bond acceptors (Lipinski definition) is 3. The molecular weight excluding hydrogens is 380 g/mol. The first kappa shape index (κ1) is 16.4. The summed E-state index contributed by atoms with van der Waals surface area (Å²) < 4.78 is 4.73. The summed E-state index contributed by atoms with van der Waals surface area (Å²) in [6, 6.07) is 16.2. The SMILES string of the molecule is COc1cccc(C2(Br)C=C3c4ccccc4CCN3C(=O)CN2)c1. The number of amides is 1. The lowest BCUT2D eigenvalue weighted by Crippen LogP contribution is -2.40. The van der Waals surface area contributed by atoms with Crippen LogP contribution >= 0.6 is 15.9 Å². The Morgan fingerprint density at radius 1 is 1.20 bits per heavy atom. The van der Waals surface area contributed by atoms with E-state index >= 15 is 0 Å². The van der Waals surface area contributed by atoms with Crippen molar-refractivity contribution in [1.29, 1.82) is 0 Å². The second-order valence-electron chi connectivity index (χ2n) is 6.28. The van der Waals surface area contributed by atoms with Gasteiger partial charge in [-0.25, -0.2) is 0 Å². The Morgan fingerprint density at radius 2 is 2.04 bits per heavy atom. The molecule has 2 aliphatic rings. The highest BCUT2D eigenvalue weighted by molar-refractivity contribution is 9.09. The Kier molecular flexibility index (Phi) is 4.13. The number of fused-ring (bicyclic) bond motifs is 3. The number of carbonyl (C=O) groups excluding carboxylic acids is 1. The van der Waals surface area contributed by atoms with E-state index in [9.17, 15) is 4.79 Å². The van der Waals surface area contributed by atoms with Crippen molar-refractivity contribution in [3.63, 3.8) is 0 Å². The van der Waals surface area contributed by atoms with Gasteiger partial charge in [-0.15, -0.1) is 0 Å². The van der Waals surface area contributed by atoms with Crippen LogP contribution in [0.15, 0.2) is 54.6 Å². The molecule has 2 heterocycles. The Bertz CT molecular complexity index is 864. The predicted octanol–water partition coefficient (Wildman–Crippen LogP) is 3.27. The fourth-order valence-corrected chi connectivity index (χ4v) is 4.08. The summed E-state index contributed by atoms with van der Waals surface area (Å²) in [7, 11) is 1.65. The van der Waals surface area contributed by atoms with E-state index in [-0.39, 0.29) is 12.5 Å². The Morgan fingerprint density at radius 3 is 2.88 bits per heavy atom. The minimum Gasteiger partial charge on any atom is -0.497 e. The van der Waals surface area contributed by atoms with Gasteiger partial charge in [0, 0.05) is 12.1 Å². The van der Waals surface area contributed by atoms with Crippen LogP contribution in [-0.4, -0.2) is 31.0 Å². The number of nitrogens with one attached hydrogen (secondary N) is 1. The summed E-state index contributed by atoms with van der Waals surface area (Å²) in [5, 5.41) is 3.36. The van der Waals surface area contributed by atoms with E-state index in [1.807, 2.05) is 35.2 Å². The summed E-state index contributed by atoms with van der Waals surface area (Å²) in [4.78, 5) is 14.6.